The molecule has 36 heavy (non-hydrogen) atoms. The molecule has 0 N–H and O–H groups in total. The molecule has 0 rings (SSSR count). The van der Waals surface area contributed by atoms with Crippen molar-refractivity contribution in [2.24, 2.45) is 0 Å². The number of esters is 1. The van der Waals surface area contributed by atoms with Crippen molar-refractivity contribution in [3.05, 3.63) is 0 Å². The Kier molecular flexibility index (Phi) is 26.4. The Bertz CT molecular complexity index is 464. The highest BCUT2D eigenvalue weighted by molar-refractivity contribution is 5.71. The molecule has 0 spiro atoms. The van der Waals surface area contributed by atoms with Crippen LogP contribution in [0.2, 0.25) is 0 Å². The molecule has 0 atom stereocenters. The van der Waals surface area contributed by atoms with Crippen LogP contribution in [0.4, 0.5) is 4.39 Å². The first-order valence-electron chi connectivity index (χ1n) is 12.4. The summed E-state index contributed by atoms with van der Waals surface area (Å²) < 4.78 is 64.7. The molecule has 0 aromatic carbocycles. The third-order valence-corrected chi connectivity index (χ3v) is 3.84. The minimum absolute atomic E-state index is 0.0837. The summed E-state index contributed by atoms with van der Waals surface area (Å²) >= 11 is 0. The van der Waals surface area contributed by atoms with Crippen LogP contribution in [0.1, 0.15) is 20.8 Å². The zero-order chi connectivity index (χ0) is 26.6. The summed E-state index contributed by atoms with van der Waals surface area (Å²) in [7, 11) is 0. The van der Waals surface area contributed by atoms with Gasteiger partial charge in [0.25, 0.3) is 0 Å². The molecule has 0 saturated carbocycles. The van der Waals surface area contributed by atoms with Gasteiger partial charge in [-0.3, -0.25) is 0 Å². The molecule has 12 heteroatoms. The second kappa shape index (κ2) is 27.1. The number of carbonyl (C=O) groups excluding carboxylic acids is 1. The summed E-state index contributed by atoms with van der Waals surface area (Å²) in [6.07, 6.45) is 0. The van der Waals surface area contributed by atoms with Gasteiger partial charge in [-0.2, -0.15) is 0 Å². The van der Waals surface area contributed by atoms with Crippen molar-refractivity contribution in [2.45, 2.75) is 26.4 Å². The molecule has 0 heterocycles. The molecule has 0 aromatic heterocycles. The van der Waals surface area contributed by atoms with Gasteiger partial charge in [0, 0.05) is 0 Å². The van der Waals surface area contributed by atoms with Gasteiger partial charge in [-0.25, -0.2) is 9.18 Å². The van der Waals surface area contributed by atoms with Crippen LogP contribution in [0, 0.1) is 0 Å². The van der Waals surface area contributed by atoms with Crippen molar-refractivity contribution in [1.29, 1.82) is 0 Å². The standard InChI is InChI=1S/C24H47FO11/c1-24(2,3)36-23(26)22-35-21-20-34-19-18-33-17-16-32-15-14-31-13-12-30-11-10-29-9-8-28-7-6-27-5-4-25/h4-22H2,1-3H3. The molecule has 0 radical (unpaired) electrons. The number of carbonyl (C=O) groups is 1. The third kappa shape index (κ3) is 31.1. The van der Waals surface area contributed by atoms with E-state index in [4.69, 9.17) is 47.4 Å². The van der Waals surface area contributed by atoms with Gasteiger partial charge < -0.3 is 47.4 Å². The first-order chi connectivity index (χ1) is 17.5. The predicted octanol–water partition coefficient (Wildman–Crippen LogP) is 1.45. The molecule has 0 amide bonds. The molecular formula is C24H47FO11. The SMILES string of the molecule is CC(C)(C)OC(=O)COCCOCCOCCOCCOCCOCCOCCOCCOCCF. The van der Waals surface area contributed by atoms with Gasteiger partial charge in [0.15, 0.2) is 0 Å². The fraction of sp³-hybridized carbons (Fsp3) is 0.958. The van der Waals surface area contributed by atoms with E-state index in [9.17, 15) is 9.18 Å². The average molecular weight is 531 g/mol. The minimum Gasteiger partial charge on any atom is -0.458 e. The van der Waals surface area contributed by atoms with Crippen molar-refractivity contribution in [1.82, 2.24) is 0 Å². The Morgan fingerprint density at radius 3 is 0.972 bits per heavy atom. The Balaban J connectivity index is 3.09. The van der Waals surface area contributed by atoms with Gasteiger partial charge in [0.2, 0.25) is 0 Å². The van der Waals surface area contributed by atoms with E-state index >= 15 is 0 Å². The lowest BCUT2D eigenvalue weighted by Crippen LogP contribution is -2.27. The Morgan fingerprint density at radius 1 is 0.472 bits per heavy atom. The van der Waals surface area contributed by atoms with Gasteiger partial charge in [0.05, 0.1) is 112 Å². The summed E-state index contributed by atoms with van der Waals surface area (Å²) in [5.41, 5.74) is -0.509. The average Bonchev–Trinajstić information content (AvgIpc) is 2.82. The third-order valence-electron chi connectivity index (χ3n) is 3.84. The minimum atomic E-state index is -0.509. The summed E-state index contributed by atoms with van der Waals surface area (Å²) in [5, 5.41) is 0. The quantitative estimate of drug-likeness (QED) is 0.108. The number of hydrogen-bond donors (Lipinski definition) is 0. The maximum atomic E-state index is 11.8. The van der Waals surface area contributed by atoms with E-state index in [1.165, 1.54) is 0 Å². The van der Waals surface area contributed by atoms with E-state index < -0.39 is 12.3 Å². The van der Waals surface area contributed by atoms with Crippen molar-refractivity contribution in [2.75, 3.05) is 126 Å². The van der Waals surface area contributed by atoms with Gasteiger partial charge >= 0.3 is 5.97 Å². The Hall–Kier alpha value is -0.960. The number of alkyl halides is 1. The van der Waals surface area contributed by atoms with Gasteiger partial charge in [-0.15, -0.1) is 0 Å². The molecule has 0 saturated heterocycles. The van der Waals surface area contributed by atoms with Crippen molar-refractivity contribution in [3.8, 4) is 0 Å². The maximum absolute atomic E-state index is 11.8. The van der Waals surface area contributed by atoms with Crippen molar-refractivity contribution < 1.29 is 56.6 Å². The van der Waals surface area contributed by atoms with Crippen LogP contribution in [0.15, 0.2) is 0 Å². The molecule has 0 aliphatic carbocycles. The summed E-state index contributed by atoms with van der Waals surface area (Å²) in [4.78, 5) is 11.5. The van der Waals surface area contributed by atoms with E-state index in [0.717, 1.165) is 0 Å². The summed E-state index contributed by atoms with van der Waals surface area (Å²) in [5.74, 6) is -0.389. The van der Waals surface area contributed by atoms with E-state index in [-0.39, 0.29) is 19.2 Å². The first-order valence-corrected chi connectivity index (χ1v) is 12.4. The molecule has 0 bridgehead atoms. The smallest absolute Gasteiger partial charge is 0.332 e. The van der Waals surface area contributed by atoms with Crippen LogP contribution < -0.4 is 0 Å². The van der Waals surface area contributed by atoms with Crippen LogP contribution in [0.25, 0.3) is 0 Å². The van der Waals surface area contributed by atoms with E-state index in [0.29, 0.717) is 106 Å². The lowest BCUT2D eigenvalue weighted by Gasteiger charge is -2.19. The van der Waals surface area contributed by atoms with Crippen molar-refractivity contribution in [3.63, 3.8) is 0 Å². The highest BCUT2D eigenvalue weighted by Crippen LogP contribution is 2.06. The van der Waals surface area contributed by atoms with Crippen molar-refractivity contribution >= 4 is 5.97 Å². The predicted molar refractivity (Wildman–Crippen MR) is 129 cm³/mol. The van der Waals surface area contributed by atoms with Crippen LogP contribution >= 0.6 is 0 Å². The topological polar surface area (TPSA) is 109 Å². The van der Waals surface area contributed by atoms with Crippen LogP contribution in [0.5, 0.6) is 0 Å². The molecule has 0 aliphatic rings. The van der Waals surface area contributed by atoms with E-state index in [2.05, 4.69) is 0 Å². The fourth-order valence-corrected chi connectivity index (χ4v) is 2.34. The molecule has 0 unspecified atom stereocenters. The highest BCUT2D eigenvalue weighted by atomic mass is 19.1. The highest BCUT2D eigenvalue weighted by Gasteiger charge is 2.15. The number of hydrogen-bond acceptors (Lipinski definition) is 11. The first kappa shape index (κ1) is 35.0. The number of halogens is 1. The maximum Gasteiger partial charge on any atom is 0.332 e. The molecular weight excluding hydrogens is 483 g/mol. The van der Waals surface area contributed by atoms with E-state index in [1.54, 1.807) is 0 Å². The molecule has 0 fully saturated rings. The normalized spacial score (nSPS) is 11.8. The monoisotopic (exact) mass is 530 g/mol. The number of rotatable bonds is 28. The second-order valence-corrected chi connectivity index (χ2v) is 8.23. The van der Waals surface area contributed by atoms with E-state index in [1.807, 2.05) is 20.8 Å². The second-order valence-electron chi connectivity index (χ2n) is 8.23. The molecule has 0 aliphatic heterocycles. The van der Waals surface area contributed by atoms with Crippen LogP contribution in [-0.2, 0) is 52.2 Å². The lowest BCUT2D eigenvalue weighted by atomic mass is 10.2. The van der Waals surface area contributed by atoms with Crippen LogP contribution in [-0.4, -0.2) is 137 Å². The molecule has 216 valence electrons. The van der Waals surface area contributed by atoms with Crippen LogP contribution in [0.3, 0.4) is 0 Å². The zero-order valence-electron chi connectivity index (χ0n) is 22.3. The summed E-state index contributed by atoms with van der Waals surface area (Å²) in [6, 6.07) is 0. The lowest BCUT2D eigenvalue weighted by molar-refractivity contribution is -0.160. The Labute approximate surface area is 215 Å². The molecule has 0 aromatic rings. The largest absolute Gasteiger partial charge is 0.458 e. The molecule has 11 nitrogen and oxygen atoms in total. The fourth-order valence-electron chi connectivity index (χ4n) is 2.34. The summed E-state index contributed by atoms with van der Waals surface area (Å²) in [6.45, 7) is 12.2. The van der Waals surface area contributed by atoms with Gasteiger partial charge in [-0.1, -0.05) is 0 Å². The Morgan fingerprint density at radius 2 is 0.722 bits per heavy atom. The zero-order valence-corrected chi connectivity index (χ0v) is 22.3. The van der Waals surface area contributed by atoms with Gasteiger partial charge in [0.1, 0.15) is 18.9 Å². The number of ether oxygens (including phenoxy) is 10. The van der Waals surface area contributed by atoms with Gasteiger partial charge in [-0.05, 0) is 20.8 Å².